The van der Waals surface area contributed by atoms with Crippen molar-refractivity contribution < 1.29 is 24.3 Å². The van der Waals surface area contributed by atoms with Gasteiger partial charge in [-0.3, -0.25) is 14.4 Å². The minimum absolute atomic E-state index is 0.115. The zero-order valence-electron chi connectivity index (χ0n) is 22.0. The van der Waals surface area contributed by atoms with Gasteiger partial charge in [0.05, 0.1) is 6.04 Å². The van der Waals surface area contributed by atoms with E-state index in [9.17, 15) is 24.3 Å². The monoisotopic (exact) mass is 522 g/mol. The number of nitrogens with two attached hydrogens (primary N) is 1. The third kappa shape index (κ3) is 11.0. The van der Waals surface area contributed by atoms with Crippen LogP contribution in [0.15, 0.2) is 30.3 Å². The summed E-state index contributed by atoms with van der Waals surface area (Å²) in [6, 6.07) is 5.30. The van der Waals surface area contributed by atoms with Gasteiger partial charge in [-0.25, -0.2) is 4.79 Å². The molecule has 0 spiro atoms. The molecular formula is C26H42N4O5S. The number of carboxylic acids is 1. The fourth-order valence-electron chi connectivity index (χ4n) is 3.67. The summed E-state index contributed by atoms with van der Waals surface area (Å²) in [6.07, 6.45) is 3.41. The number of aliphatic carboxylic acids is 1. The molecule has 0 heterocycles. The first kappa shape index (κ1) is 31.4. The Morgan fingerprint density at radius 2 is 1.56 bits per heavy atom. The van der Waals surface area contributed by atoms with E-state index in [2.05, 4.69) is 16.0 Å². The van der Waals surface area contributed by atoms with Gasteiger partial charge in [0, 0.05) is 6.42 Å². The SMILES string of the molecule is CCC(C)C(NC(=O)C(N)CC(C)C)C(=O)NC(CCSC)C(=O)NC(Cc1ccccc1)C(=O)O. The molecule has 0 bridgehead atoms. The van der Waals surface area contributed by atoms with Crippen LogP contribution in [0.5, 0.6) is 0 Å². The van der Waals surface area contributed by atoms with Gasteiger partial charge < -0.3 is 26.8 Å². The summed E-state index contributed by atoms with van der Waals surface area (Å²) in [5.41, 5.74) is 6.77. The maximum absolute atomic E-state index is 13.2. The van der Waals surface area contributed by atoms with Crippen LogP contribution in [0.1, 0.15) is 52.5 Å². The van der Waals surface area contributed by atoms with Crippen LogP contribution in [0.4, 0.5) is 0 Å². The molecule has 202 valence electrons. The molecule has 1 aromatic rings. The van der Waals surface area contributed by atoms with Gasteiger partial charge in [-0.05, 0) is 42.2 Å². The summed E-state index contributed by atoms with van der Waals surface area (Å²) in [5.74, 6) is -2.05. The molecule has 0 aliphatic heterocycles. The molecule has 0 saturated heterocycles. The number of carbonyl (C=O) groups is 4. The highest BCUT2D eigenvalue weighted by Gasteiger charge is 2.32. The van der Waals surface area contributed by atoms with Crippen molar-refractivity contribution in [2.45, 2.75) is 77.5 Å². The van der Waals surface area contributed by atoms with Crippen LogP contribution in [0, 0.1) is 11.8 Å². The standard InChI is InChI=1S/C26H42N4O5S/c1-6-17(4)22(30-23(31)19(27)14-16(2)3)25(33)28-20(12-13-36-5)24(32)29-21(26(34)35)15-18-10-8-7-9-11-18/h7-11,16-17,19-22H,6,12-15,27H2,1-5H3,(H,28,33)(H,29,32)(H,30,31)(H,34,35). The lowest BCUT2D eigenvalue weighted by Gasteiger charge is -2.28. The first-order valence-corrected chi connectivity index (χ1v) is 13.8. The van der Waals surface area contributed by atoms with Crippen molar-refractivity contribution in [3.8, 4) is 0 Å². The fourth-order valence-corrected chi connectivity index (χ4v) is 4.14. The van der Waals surface area contributed by atoms with Crippen LogP contribution in [0.25, 0.3) is 0 Å². The van der Waals surface area contributed by atoms with Gasteiger partial charge in [-0.15, -0.1) is 0 Å². The van der Waals surface area contributed by atoms with Crippen molar-refractivity contribution in [2.24, 2.45) is 17.6 Å². The maximum Gasteiger partial charge on any atom is 0.326 e. The zero-order valence-corrected chi connectivity index (χ0v) is 22.8. The minimum Gasteiger partial charge on any atom is -0.480 e. The van der Waals surface area contributed by atoms with Gasteiger partial charge in [-0.2, -0.15) is 11.8 Å². The molecule has 0 aliphatic rings. The second-order valence-electron chi connectivity index (χ2n) is 9.54. The molecule has 0 fully saturated rings. The van der Waals surface area contributed by atoms with E-state index < -0.39 is 47.9 Å². The molecule has 0 saturated carbocycles. The van der Waals surface area contributed by atoms with E-state index in [1.54, 1.807) is 24.3 Å². The van der Waals surface area contributed by atoms with Crippen LogP contribution in [0.3, 0.4) is 0 Å². The molecule has 0 radical (unpaired) electrons. The van der Waals surface area contributed by atoms with E-state index in [1.165, 1.54) is 11.8 Å². The molecule has 0 aromatic heterocycles. The smallest absolute Gasteiger partial charge is 0.326 e. The lowest BCUT2D eigenvalue weighted by molar-refractivity contribution is -0.142. The van der Waals surface area contributed by atoms with Crippen LogP contribution in [-0.4, -0.2) is 65.0 Å². The molecule has 0 aliphatic carbocycles. The number of amides is 3. The highest BCUT2D eigenvalue weighted by molar-refractivity contribution is 7.98. The Labute approximate surface area is 218 Å². The first-order valence-electron chi connectivity index (χ1n) is 12.4. The number of hydrogen-bond acceptors (Lipinski definition) is 6. The number of carbonyl (C=O) groups excluding carboxylic acids is 3. The highest BCUT2D eigenvalue weighted by atomic mass is 32.2. The van der Waals surface area contributed by atoms with Crippen molar-refractivity contribution in [3.63, 3.8) is 0 Å². The normalized spacial score (nSPS) is 15.3. The van der Waals surface area contributed by atoms with E-state index in [1.807, 2.05) is 40.0 Å². The van der Waals surface area contributed by atoms with E-state index in [4.69, 9.17) is 5.73 Å². The van der Waals surface area contributed by atoms with E-state index in [-0.39, 0.29) is 18.3 Å². The summed E-state index contributed by atoms with van der Waals surface area (Å²) in [5, 5.41) is 17.7. The molecule has 10 heteroatoms. The summed E-state index contributed by atoms with van der Waals surface area (Å²) in [7, 11) is 0. The molecule has 1 rings (SSSR count). The number of rotatable bonds is 16. The van der Waals surface area contributed by atoms with Crippen LogP contribution >= 0.6 is 11.8 Å². The average molecular weight is 523 g/mol. The lowest BCUT2D eigenvalue weighted by Crippen LogP contribution is -2.59. The fraction of sp³-hybridized carbons (Fsp3) is 0.615. The Morgan fingerprint density at radius 3 is 2.08 bits per heavy atom. The number of benzene rings is 1. The average Bonchev–Trinajstić information content (AvgIpc) is 2.83. The predicted molar refractivity (Wildman–Crippen MR) is 143 cm³/mol. The second-order valence-corrected chi connectivity index (χ2v) is 10.5. The van der Waals surface area contributed by atoms with Crippen molar-refractivity contribution in [3.05, 3.63) is 35.9 Å². The maximum atomic E-state index is 13.2. The molecule has 5 atom stereocenters. The summed E-state index contributed by atoms with van der Waals surface area (Å²) in [6.45, 7) is 7.67. The quantitative estimate of drug-likeness (QED) is 0.223. The topological polar surface area (TPSA) is 151 Å². The summed E-state index contributed by atoms with van der Waals surface area (Å²) in [4.78, 5) is 50.8. The Morgan fingerprint density at radius 1 is 0.944 bits per heavy atom. The molecule has 36 heavy (non-hydrogen) atoms. The Bertz CT molecular complexity index is 852. The Balaban J connectivity index is 2.99. The highest BCUT2D eigenvalue weighted by Crippen LogP contribution is 2.12. The van der Waals surface area contributed by atoms with Gasteiger partial charge in [0.2, 0.25) is 17.7 Å². The third-order valence-electron chi connectivity index (χ3n) is 6.00. The zero-order chi connectivity index (χ0) is 27.3. The van der Waals surface area contributed by atoms with E-state index in [0.717, 1.165) is 5.56 Å². The molecule has 6 N–H and O–H groups in total. The van der Waals surface area contributed by atoms with E-state index >= 15 is 0 Å². The van der Waals surface area contributed by atoms with Crippen LogP contribution in [-0.2, 0) is 25.6 Å². The van der Waals surface area contributed by atoms with Crippen LogP contribution < -0.4 is 21.7 Å². The third-order valence-corrected chi connectivity index (χ3v) is 6.64. The number of hydrogen-bond donors (Lipinski definition) is 5. The van der Waals surface area contributed by atoms with Gasteiger partial charge in [0.15, 0.2) is 0 Å². The van der Waals surface area contributed by atoms with Gasteiger partial charge in [-0.1, -0.05) is 64.4 Å². The van der Waals surface area contributed by atoms with E-state index in [0.29, 0.717) is 25.0 Å². The Hall–Kier alpha value is -2.59. The number of thioether (sulfide) groups is 1. The summed E-state index contributed by atoms with van der Waals surface area (Å²) >= 11 is 1.51. The van der Waals surface area contributed by atoms with Gasteiger partial charge >= 0.3 is 5.97 Å². The minimum atomic E-state index is -1.16. The van der Waals surface area contributed by atoms with Crippen molar-refractivity contribution in [2.75, 3.05) is 12.0 Å². The number of carboxylic acid groups (broad SMARTS) is 1. The molecule has 3 amide bonds. The lowest BCUT2D eigenvalue weighted by atomic mass is 9.96. The second kappa shape index (κ2) is 16.2. The van der Waals surface area contributed by atoms with Crippen molar-refractivity contribution in [1.82, 2.24) is 16.0 Å². The number of nitrogens with one attached hydrogen (secondary N) is 3. The van der Waals surface area contributed by atoms with Gasteiger partial charge in [0.1, 0.15) is 18.1 Å². The van der Waals surface area contributed by atoms with Crippen LogP contribution in [0.2, 0.25) is 0 Å². The predicted octanol–water partition coefficient (Wildman–Crippen LogP) is 1.94. The molecular weight excluding hydrogens is 480 g/mol. The largest absolute Gasteiger partial charge is 0.480 e. The molecule has 9 nitrogen and oxygen atoms in total. The first-order chi connectivity index (χ1) is 17.0. The Kier molecular flexibility index (Phi) is 14.2. The van der Waals surface area contributed by atoms with Crippen molar-refractivity contribution in [1.29, 1.82) is 0 Å². The summed E-state index contributed by atoms with van der Waals surface area (Å²) < 4.78 is 0. The molecule has 5 unspecified atom stereocenters. The van der Waals surface area contributed by atoms with Crippen molar-refractivity contribution >= 4 is 35.5 Å². The van der Waals surface area contributed by atoms with Gasteiger partial charge in [0.25, 0.3) is 0 Å². The molecule has 1 aromatic carbocycles.